The van der Waals surface area contributed by atoms with Gasteiger partial charge in [-0.1, -0.05) is 33.2 Å². The van der Waals surface area contributed by atoms with Gasteiger partial charge in [-0.2, -0.15) is 4.98 Å². The third-order valence-electron chi connectivity index (χ3n) is 2.95. The van der Waals surface area contributed by atoms with E-state index in [0.29, 0.717) is 18.1 Å². The number of nitrogens with zero attached hydrogens (tertiary/aromatic N) is 2. The monoisotopic (exact) mass is 308 g/mol. The Labute approximate surface area is 111 Å². The largest absolute Gasteiger partial charge is 0.481 e. The van der Waals surface area contributed by atoms with Crippen LogP contribution in [0, 0.1) is 5.92 Å². The van der Waals surface area contributed by atoms with E-state index in [-0.39, 0.29) is 11.8 Å². The fourth-order valence-corrected chi connectivity index (χ4v) is 2.27. The molecular weight excluding hydrogens is 300 g/mol. The molecule has 1 heterocycles. The molecule has 0 bridgehead atoms. The predicted molar refractivity (Wildman–Crippen MR) is 65.9 cm³/mol. The second-order valence-electron chi connectivity index (χ2n) is 4.25. The Bertz CT molecular complexity index is 611. The molecule has 0 saturated heterocycles. The van der Waals surface area contributed by atoms with Crippen molar-refractivity contribution in [3.63, 3.8) is 0 Å². The van der Waals surface area contributed by atoms with Crippen LogP contribution in [0.25, 0.3) is 11.4 Å². The van der Waals surface area contributed by atoms with Gasteiger partial charge in [0.25, 0.3) is 0 Å². The molecule has 2 aromatic rings. The van der Waals surface area contributed by atoms with Crippen LogP contribution in [0.1, 0.15) is 18.2 Å². The molecule has 1 aliphatic rings. The van der Waals surface area contributed by atoms with Crippen molar-refractivity contribution in [1.29, 1.82) is 0 Å². The maximum absolute atomic E-state index is 10.8. The van der Waals surface area contributed by atoms with E-state index in [1.165, 1.54) is 0 Å². The smallest absolute Gasteiger partial charge is 0.307 e. The highest BCUT2D eigenvalue weighted by atomic mass is 79.9. The Hall–Kier alpha value is -1.69. The summed E-state index contributed by atoms with van der Waals surface area (Å²) in [7, 11) is 0. The lowest BCUT2D eigenvalue weighted by Crippen LogP contribution is -1.98. The average molecular weight is 309 g/mol. The zero-order valence-electron chi connectivity index (χ0n) is 9.21. The van der Waals surface area contributed by atoms with E-state index in [9.17, 15) is 4.79 Å². The SMILES string of the molecule is O=C(O)C1CC1c1nc(-c2cccc(Br)c2)no1. The van der Waals surface area contributed by atoms with E-state index in [0.717, 1.165) is 10.0 Å². The van der Waals surface area contributed by atoms with Crippen molar-refractivity contribution in [2.75, 3.05) is 0 Å². The molecular formula is C12H9BrN2O3. The van der Waals surface area contributed by atoms with Crippen molar-refractivity contribution >= 4 is 21.9 Å². The fourth-order valence-electron chi connectivity index (χ4n) is 1.87. The van der Waals surface area contributed by atoms with Crippen LogP contribution >= 0.6 is 15.9 Å². The van der Waals surface area contributed by atoms with Gasteiger partial charge in [-0.05, 0) is 18.6 Å². The lowest BCUT2D eigenvalue weighted by Gasteiger charge is -1.93. The Balaban J connectivity index is 1.84. The average Bonchev–Trinajstić information content (AvgIpc) is 3.00. The van der Waals surface area contributed by atoms with E-state index >= 15 is 0 Å². The van der Waals surface area contributed by atoms with Crippen molar-refractivity contribution in [3.05, 3.63) is 34.6 Å². The first kappa shape index (κ1) is 11.4. The minimum atomic E-state index is -0.804. The van der Waals surface area contributed by atoms with Gasteiger partial charge in [0.15, 0.2) is 0 Å². The minimum absolute atomic E-state index is 0.129. The number of carboxylic acid groups (broad SMARTS) is 1. The lowest BCUT2D eigenvalue weighted by molar-refractivity contribution is -0.138. The van der Waals surface area contributed by atoms with Crippen molar-refractivity contribution in [2.24, 2.45) is 5.92 Å². The number of halogens is 1. The molecule has 1 aromatic carbocycles. The normalized spacial score (nSPS) is 21.8. The van der Waals surface area contributed by atoms with Crippen LogP contribution in [0.4, 0.5) is 0 Å². The molecule has 1 saturated carbocycles. The quantitative estimate of drug-likeness (QED) is 0.943. The molecule has 2 atom stereocenters. The van der Waals surface area contributed by atoms with Gasteiger partial charge in [0, 0.05) is 10.0 Å². The summed E-state index contributed by atoms with van der Waals surface area (Å²) in [5.41, 5.74) is 0.840. The van der Waals surface area contributed by atoms with Crippen LogP contribution in [0.2, 0.25) is 0 Å². The topological polar surface area (TPSA) is 76.2 Å². The van der Waals surface area contributed by atoms with Crippen LogP contribution in [-0.4, -0.2) is 21.2 Å². The van der Waals surface area contributed by atoms with Gasteiger partial charge in [0.2, 0.25) is 11.7 Å². The molecule has 6 heteroatoms. The highest BCUT2D eigenvalue weighted by Crippen LogP contribution is 2.47. The number of rotatable bonds is 3. The molecule has 1 N–H and O–H groups in total. The number of aliphatic carboxylic acids is 1. The van der Waals surface area contributed by atoms with E-state index in [1.54, 1.807) is 0 Å². The standard InChI is InChI=1S/C12H9BrN2O3/c13-7-3-1-2-6(4-7)10-14-11(18-15-10)8-5-9(8)12(16)17/h1-4,8-9H,5H2,(H,16,17). The van der Waals surface area contributed by atoms with Gasteiger partial charge in [-0.3, -0.25) is 4.79 Å². The summed E-state index contributed by atoms with van der Waals surface area (Å²) in [4.78, 5) is 15.0. The minimum Gasteiger partial charge on any atom is -0.481 e. The van der Waals surface area contributed by atoms with E-state index in [4.69, 9.17) is 9.63 Å². The Morgan fingerprint density at radius 2 is 2.33 bits per heavy atom. The summed E-state index contributed by atoms with van der Waals surface area (Å²) in [6.45, 7) is 0. The van der Waals surface area contributed by atoms with E-state index in [1.807, 2.05) is 24.3 Å². The summed E-state index contributed by atoms with van der Waals surface area (Å²) in [5.74, 6) is -0.404. The molecule has 3 rings (SSSR count). The van der Waals surface area contributed by atoms with Gasteiger partial charge in [-0.15, -0.1) is 0 Å². The molecule has 0 aliphatic heterocycles. The number of carbonyl (C=O) groups is 1. The molecule has 18 heavy (non-hydrogen) atoms. The second kappa shape index (κ2) is 4.20. The number of carboxylic acids is 1. The molecule has 0 amide bonds. The van der Waals surface area contributed by atoms with Crippen LogP contribution in [0.15, 0.2) is 33.3 Å². The van der Waals surface area contributed by atoms with Gasteiger partial charge in [0.05, 0.1) is 11.8 Å². The van der Waals surface area contributed by atoms with Crippen LogP contribution < -0.4 is 0 Å². The number of benzene rings is 1. The van der Waals surface area contributed by atoms with Gasteiger partial charge < -0.3 is 9.63 Å². The summed E-state index contributed by atoms with van der Waals surface area (Å²) in [6, 6.07) is 7.55. The van der Waals surface area contributed by atoms with Crippen LogP contribution in [-0.2, 0) is 4.79 Å². The molecule has 2 unspecified atom stereocenters. The van der Waals surface area contributed by atoms with Crippen LogP contribution in [0.5, 0.6) is 0 Å². The molecule has 0 radical (unpaired) electrons. The maximum Gasteiger partial charge on any atom is 0.307 e. The first-order valence-corrected chi connectivity index (χ1v) is 6.27. The van der Waals surface area contributed by atoms with Gasteiger partial charge in [-0.25, -0.2) is 0 Å². The molecule has 1 aliphatic carbocycles. The first-order chi connectivity index (χ1) is 8.65. The van der Waals surface area contributed by atoms with Crippen LogP contribution in [0.3, 0.4) is 0 Å². The van der Waals surface area contributed by atoms with Crippen molar-refractivity contribution in [1.82, 2.24) is 10.1 Å². The number of hydrogen-bond acceptors (Lipinski definition) is 4. The second-order valence-corrected chi connectivity index (χ2v) is 5.17. The molecule has 5 nitrogen and oxygen atoms in total. The maximum atomic E-state index is 10.8. The summed E-state index contributed by atoms with van der Waals surface area (Å²) in [5, 5.41) is 12.7. The molecule has 1 aromatic heterocycles. The molecule has 92 valence electrons. The highest BCUT2D eigenvalue weighted by Gasteiger charge is 2.48. The predicted octanol–water partition coefficient (Wildman–Crippen LogP) is 2.69. The van der Waals surface area contributed by atoms with Crippen molar-refractivity contribution in [3.8, 4) is 11.4 Å². The number of hydrogen-bond donors (Lipinski definition) is 1. The zero-order valence-corrected chi connectivity index (χ0v) is 10.8. The highest BCUT2D eigenvalue weighted by molar-refractivity contribution is 9.10. The molecule has 0 spiro atoms. The van der Waals surface area contributed by atoms with Crippen molar-refractivity contribution < 1.29 is 14.4 Å². The summed E-state index contributed by atoms with van der Waals surface area (Å²) < 4.78 is 6.06. The molecule has 1 fully saturated rings. The lowest BCUT2D eigenvalue weighted by atomic mass is 10.2. The third kappa shape index (κ3) is 2.03. The Morgan fingerprint density at radius 3 is 3.00 bits per heavy atom. The van der Waals surface area contributed by atoms with Gasteiger partial charge >= 0.3 is 5.97 Å². The summed E-state index contributed by atoms with van der Waals surface area (Å²) >= 11 is 3.37. The fraction of sp³-hybridized carbons (Fsp3) is 0.250. The van der Waals surface area contributed by atoms with E-state index in [2.05, 4.69) is 26.1 Å². The number of aromatic nitrogens is 2. The Kier molecular flexibility index (Phi) is 2.66. The van der Waals surface area contributed by atoms with Gasteiger partial charge in [0.1, 0.15) is 0 Å². The van der Waals surface area contributed by atoms with E-state index < -0.39 is 5.97 Å². The third-order valence-corrected chi connectivity index (χ3v) is 3.44. The first-order valence-electron chi connectivity index (χ1n) is 5.47. The Morgan fingerprint density at radius 1 is 1.50 bits per heavy atom. The summed E-state index contributed by atoms with van der Waals surface area (Å²) in [6.07, 6.45) is 0.579. The zero-order chi connectivity index (χ0) is 12.7. The van der Waals surface area contributed by atoms with Crippen molar-refractivity contribution in [2.45, 2.75) is 12.3 Å².